The largest absolute Gasteiger partial charge is 0.493 e. The second-order valence-corrected chi connectivity index (χ2v) is 4.76. The number of hydrogen-bond donors (Lipinski definition) is 1. The molecule has 0 radical (unpaired) electrons. The first-order valence-electron chi connectivity index (χ1n) is 6.11. The van der Waals surface area contributed by atoms with Gasteiger partial charge >= 0.3 is 0 Å². The second-order valence-electron chi connectivity index (χ2n) is 4.76. The molecule has 0 saturated carbocycles. The highest BCUT2D eigenvalue weighted by atomic mass is 16.5. The van der Waals surface area contributed by atoms with Crippen LogP contribution in [0.25, 0.3) is 0 Å². The molecular weight excluding hydrogens is 200 g/mol. The van der Waals surface area contributed by atoms with Crippen molar-refractivity contribution >= 4 is 0 Å². The summed E-state index contributed by atoms with van der Waals surface area (Å²) in [6.07, 6.45) is 1.69. The Bertz CT molecular complexity index is 348. The van der Waals surface area contributed by atoms with Gasteiger partial charge in [-0.2, -0.15) is 0 Å². The lowest BCUT2D eigenvalue weighted by molar-refractivity contribution is 0.0253. The van der Waals surface area contributed by atoms with Gasteiger partial charge < -0.3 is 9.84 Å². The zero-order valence-corrected chi connectivity index (χ0v) is 10.0. The Balaban J connectivity index is 2.08. The molecule has 1 heterocycles. The van der Waals surface area contributed by atoms with Crippen LogP contribution in [0, 0.1) is 11.8 Å². The second kappa shape index (κ2) is 4.88. The van der Waals surface area contributed by atoms with Crippen molar-refractivity contribution in [2.24, 2.45) is 11.8 Å². The normalized spacial score (nSPS) is 23.1. The van der Waals surface area contributed by atoms with Gasteiger partial charge in [0.15, 0.2) is 0 Å². The van der Waals surface area contributed by atoms with Crippen LogP contribution in [0.1, 0.15) is 25.8 Å². The van der Waals surface area contributed by atoms with E-state index in [0.29, 0.717) is 12.5 Å². The lowest BCUT2D eigenvalue weighted by atomic mass is 9.85. The van der Waals surface area contributed by atoms with Gasteiger partial charge in [-0.1, -0.05) is 38.5 Å². The zero-order chi connectivity index (χ0) is 11.5. The molecule has 88 valence electrons. The van der Waals surface area contributed by atoms with E-state index in [4.69, 9.17) is 4.74 Å². The maximum Gasteiger partial charge on any atom is 0.122 e. The third-order valence-corrected chi connectivity index (χ3v) is 3.62. The summed E-state index contributed by atoms with van der Waals surface area (Å²) in [5, 5.41) is 10.2. The van der Waals surface area contributed by atoms with Crippen molar-refractivity contribution in [3.63, 3.8) is 0 Å². The standard InChI is InChI=1S/C14H20O2/c1-3-10(2)14(15)12-8-11-6-4-5-7-13(11)16-9-12/h4-7,10,12,14-15H,3,8-9H2,1-2H3. The molecular formula is C14H20O2. The molecule has 0 spiro atoms. The molecule has 1 aromatic rings. The van der Waals surface area contributed by atoms with E-state index in [1.54, 1.807) is 0 Å². The molecule has 2 rings (SSSR count). The average molecular weight is 220 g/mol. The van der Waals surface area contributed by atoms with E-state index in [0.717, 1.165) is 18.6 Å². The molecule has 1 N–H and O–H groups in total. The van der Waals surface area contributed by atoms with Gasteiger partial charge in [-0.25, -0.2) is 0 Å². The van der Waals surface area contributed by atoms with E-state index in [9.17, 15) is 5.11 Å². The molecule has 0 saturated heterocycles. The summed E-state index contributed by atoms with van der Waals surface area (Å²) >= 11 is 0. The number of hydrogen-bond acceptors (Lipinski definition) is 2. The Morgan fingerprint density at radius 3 is 2.94 bits per heavy atom. The van der Waals surface area contributed by atoms with Crippen molar-refractivity contribution in [3.8, 4) is 5.75 Å². The number of fused-ring (bicyclic) bond motifs is 1. The summed E-state index contributed by atoms with van der Waals surface area (Å²) in [6.45, 7) is 4.86. The molecule has 0 fully saturated rings. The van der Waals surface area contributed by atoms with Gasteiger partial charge in [0, 0.05) is 5.92 Å². The van der Waals surface area contributed by atoms with Gasteiger partial charge in [-0.05, 0) is 24.0 Å². The van der Waals surface area contributed by atoms with Crippen LogP contribution >= 0.6 is 0 Å². The highest BCUT2D eigenvalue weighted by Crippen LogP contribution is 2.30. The number of benzene rings is 1. The minimum atomic E-state index is -0.252. The first-order chi connectivity index (χ1) is 7.72. The smallest absolute Gasteiger partial charge is 0.122 e. The van der Waals surface area contributed by atoms with Crippen molar-refractivity contribution in [1.82, 2.24) is 0 Å². The third-order valence-electron chi connectivity index (χ3n) is 3.62. The van der Waals surface area contributed by atoms with Crippen molar-refractivity contribution in [3.05, 3.63) is 29.8 Å². The average Bonchev–Trinajstić information content (AvgIpc) is 2.36. The number of ether oxygens (including phenoxy) is 1. The van der Waals surface area contributed by atoms with E-state index in [1.165, 1.54) is 5.56 Å². The van der Waals surface area contributed by atoms with Gasteiger partial charge in [0.25, 0.3) is 0 Å². The topological polar surface area (TPSA) is 29.5 Å². The number of para-hydroxylation sites is 1. The summed E-state index contributed by atoms with van der Waals surface area (Å²) in [7, 11) is 0. The van der Waals surface area contributed by atoms with E-state index >= 15 is 0 Å². The monoisotopic (exact) mass is 220 g/mol. The van der Waals surface area contributed by atoms with Crippen LogP contribution in [0.4, 0.5) is 0 Å². The van der Waals surface area contributed by atoms with Crippen LogP contribution in [0.5, 0.6) is 5.75 Å². The third kappa shape index (κ3) is 2.22. The Hall–Kier alpha value is -1.02. The molecule has 0 bridgehead atoms. The zero-order valence-electron chi connectivity index (χ0n) is 10.0. The van der Waals surface area contributed by atoms with Gasteiger partial charge in [0.05, 0.1) is 12.7 Å². The van der Waals surface area contributed by atoms with Crippen LogP contribution in [-0.4, -0.2) is 17.8 Å². The number of aliphatic hydroxyl groups excluding tert-OH is 1. The van der Waals surface area contributed by atoms with Crippen LogP contribution in [0.15, 0.2) is 24.3 Å². The van der Waals surface area contributed by atoms with E-state index in [-0.39, 0.29) is 12.0 Å². The molecule has 0 aromatic heterocycles. The Kier molecular flexibility index (Phi) is 3.49. The highest BCUT2D eigenvalue weighted by Gasteiger charge is 2.28. The molecule has 3 unspecified atom stereocenters. The summed E-state index contributed by atoms with van der Waals surface area (Å²) < 4.78 is 5.69. The minimum absolute atomic E-state index is 0.241. The van der Waals surface area contributed by atoms with Crippen molar-refractivity contribution in [1.29, 1.82) is 0 Å². The fourth-order valence-corrected chi connectivity index (χ4v) is 2.28. The first-order valence-corrected chi connectivity index (χ1v) is 6.11. The molecule has 3 atom stereocenters. The maximum atomic E-state index is 10.2. The molecule has 0 amide bonds. The summed E-state index contributed by atoms with van der Waals surface area (Å²) in [6, 6.07) is 8.11. The Labute approximate surface area is 97.3 Å². The molecule has 1 aliphatic heterocycles. The molecule has 2 heteroatoms. The minimum Gasteiger partial charge on any atom is -0.493 e. The summed E-state index contributed by atoms with van der Waals surface area (Å²) in [5.74, 6) is 1.57. The predicted octanol–water partition coefficient (Wildman–Crippen LogP) is 2.64. The van der Waals surface area contributed by atoms with Crippen molar-refractivity contribution in [2.45, 2.75) is 32.8 Å². The Morgan fingerprint density at radius 2 is 2.19 bits per heavy atom. The quantitative estimate of drug-likeness (QED) is 0.848. The van der Waals surface area contributed by atoms with Gasteiger partial charge in [0.1, 0.15) is 5.75 Å². The van der Waals surface area contributed by atoms with E-state index in [1.807, 2.05) is 18.2 Å². The van der Waals surface area contributed by atoms with Crippen molar-refractivity contribution in [2.75, 3.05) is 6.61 Å². The molecule has 1 aliphatic rings. The lowest BCUT2D eigenvalue weighted by Gasteiger charge is -2.31. The number of rotatable bonds is 3. The molecule has 1 aromatic carbocycles. The van der Waals surface area contributed by atoms with Crippen LogP contribution < -0.4 is 4.74 Å². The van der Waals surface area contributed by atoms with Crippen molar-refractivity contribution < 1.29 is 9.84 Å². The number of aliphatic hydroxyl groups is 1. The first kappa shape index (κ1) is 11.5. The maximum absolute atomic E-state index is 10.2. The predicted molar refractivity (Wildman–Crippen MR) is 64.6 cm³/mol. The molecule has 2 nitrogen and oxygen atoms in total. The lowest BCUT2D eigenvalue weighted by Crippen LogP contribution is -2.35. The van der Waals surface area contributed by atoms with Crippen LogP contribution in [0.3, 0.4) is 0 Å². The van der Waals surface area contributed by atoms with E-state index in [2.05, 4.69) is 19.9 Å². The molecule has 16 heavy (non-hydrogen) atoms. The van der Waals surface area contributed by atoms with Crippen LogP contribution in [-0.2, 0) is 6.42 Å². The summed E-state index contributed by atoms with van der Waals surface area (Å²) in [5.41, 5.74) is 1.22. The Morgan fingerprint density at radius 1 is 1.44 bits per heavy atom. The van der Waals surface area contributed by atoms with Gasteiger partial charge in [-0.3, -0.25) is 0 Å². The fourth-order valence-electron chi connectivity index (χ4n) is 2.28. The van der Waals surface area contributed by atoms with Gasteiger partial charge in [0.2, 0.25) is 0 Å². The summed E-state index contributed by atoms with van der Waals surface area (Å²) in [4.78, 5) is 0. The fraction of sp³-hybridized carbons (Fsp3) is 0.571. The van der Waals surface area contributed by atoms with Crippen LogP contribution in [0.2, 0.25) is 0 Å². The molecule has 0 aliphatic carbocycles. The van der Waals surface area contributed by atoms with E-state index < -0.39 is 0 Å². The SMILES string of the molecule is CCC(C)C(O)C1COc2ccccc2C1. The van der Waals surface area contributed by atoms with Gasteiger partial charge in [-0.15, -0.1) is 0 Å². The highest BCUT2D eigenvalue weighted by molar-refractivity contribution is 5.35.